The van der Waals surface area contributed by atoms with Gasteiger partial charge in [-0.3, -0.25) is 105 Å². The number of nitrogens with one attached hydrogen (secondary N) is 5. The normalized spacial score (nSPS) is 15.5. The van der Waals surface area contributed by atoms with Gasteiger partial charge in [0.2, 0.25) is 58.9 Å². The summed E-state index contributed by atoms with van der Waals surface area (Å²) < 4.78 is 15.8. The van der Waals surface area contributed by atoms with E-state index < -0.39 is 171 Å². The summed E-state index contributed by atoms with van der Waals surface area (Å²) in [6.45, 7) is 11.2. The highest BCUT2D eigenvalue weighted by Crippen LogP contribution is 2.41. The molecule has 9 rings (SSSR count). The van der Waals surface area contributed by atoms with Crippen molar-refractivity contribution < 1.29 is 122 Å². The van der Waals surface area contributed by atoms with Crippen LogP contribution in [0.2, 0.25) is 0 Å². The van der Waals surface area contributed by atoms with E-state index in [9.17, 15) is 112 Å². The van der Waals surface area contributed by atoms with E-state index in [1.54, 1.807) is 94.1 Å². The van der Waals surface area contributed by atoms with Crippen LogP contribution < -0.4 is 53.3 Å². The smallest absolute Gasteiger partial charge is 0.317 e. The number of hydrogen-bond donors (Lipinski definition) is 15. The maximum absolute atomic E-state index is 14.5. The Labute approximate surface area is 809 Å². The molecule has 0 aliphatic carbocycles. The van der Waals surface area contributed by atoms with Gasteiger partial charge in [0.15, 0.2) is 23.2 Å². The van der Waals surface area contributed by atoms with Gasteiger partial charge in [-0.1, -0.05) is 27.7 Å². The molecule has 760 valence electrons. The molecule has 0 spiro atoms. The van der Waals surface area contributed by atoms with Gasteiger partial charge in [0.1, 0.15) is 52.5 Å². The van der Waals surface area contributed by atoms with Crippen molar-refractivity contribution in [1.82, 2.24) is 85.5 Å². The van der Waals surface area contributed by atoms with Crippen LogP contribution in [0.5, 0.6) is 34.5 Å². The first-order valence-corrected chi connectivity index (χ1v) is 47.2. The van der Waals surface area contributed by atoms with Crippen molar-refractivity contribution in [3.05, 3.63) is 95.6 Å². The highest BCUT2D eigenvalue weighted by Gasteiger charge is 2.36. The van der Waals surface area contributed by atoms with Gasteiger partial charge < -0.3 is 98.8 Å². The number of amides is 10. The van der Waals surface area contributed by atoms with Crippen LogP contribution in [-0.4, -0.2) is 338 Å². The number of piperidine rings is 2. The molecule has 140 heavy (non-hydrogen) atoms. The topological polar surface area (TPSA) is 652 Å². The number of carboxylic acids is 3. The van der Waals surface area contributed by atoms with Crippen molar-refractivity contribution in [3.63, 3.8) is 0 Å². The second-order valence-corrected chi connectivity index (χ2v) is 35.8. The first-order chi connectivity index (χ1) is 66.6. The number of Topliss-reactive ketones (excluding diaryl/α,β-unsaturated/α-hetero) is 3. The zero-order valence-corrected chi connectivity index (χ0v) is 79.8. The van der Waals surface area contributed by atoms with Crippen LogP contribution >= 0.6 is 0 Å². The molecule has 3 fully saturated rings. The summed E-state index contributed by atoms with van der Waals surface area (Å²) in [6.07, 6.45) is -4.05. The van der Waals surface area contributed by atoms with Crippen molar-refractivity contribution in [2.45, 2.75) is 193 Å². The summed E-state index contributed by atoms with van der Waals surface area (Å²) in [6, 6.07) is 16.2. The predicted octanol–water partition coefficient (Wildman–Crippen LogP) is 2.61. The van der Waals surface area contributed by atoms with E-state index in [2.05, 4.69) is 47.0 Å². The van der Waals surface area contributed by atoms with E-state index in [1.165, 1.54) is 31.1 Å². The molecule has 5 heterocycles. The Hall–Kier alpha value is -14.1. The number of aromatic nitrogens is 6. The fourth-order valence-corrected chi connectivity index (χ4v) is 17.0. The number of nitrogens with two attached hydrogens (primary N) is 3. The quantitative estimate of drug-likeness (QED) is 0.0261. The molecule has 4 aromatic carbocycles. The number of phenolic OH excluding ortho intramolecular Hbond substituents is 4. The first-order valence-electron chi connectivity index (χ1n) is 47.2. The third-order valence-corrected chi connectivity index (χ3v) is 24.6. The standard InChI is InChI=1S/C95H130N20O25/c1-7-99-94(137)90-106-104-88(69-48-67(56(3)4)74(118)50-76(69)120)114(90)60-14-18-63(19-15-60)139-65-29-34-112(35-30-65)83(127)27-13-58(92(135)101-33-28-84(128)113-36-31-66(32-37-113)140-64-20-16-61(17-21-64)115-89(105-107-91(115)95(138)100-8-2)70-49-68(57(5)6)75(119)51-77(70)121)46-62(116)10-9-11-73(117)71(22-25-80(97)124)103-93(136)59(12-24-79(96)123)47-78(122)72(23-26-81(98)125)102-82(126)52-108-38-40-109(53-85(129)130)42-44-111(55-87(133)134)45-43-110(41-39-108)54-86(131)132/h14-21,48-51,56-59,65-66,71-72,118-121H,7-13,22-47,52-55H2,1-6H3,(H2,96,123)(H2,97,124)(H2,98,125)(H,99,137)(H,100,138)(H,101,135)(H,102,126)(H,103,136)(H,129,130)(H,131,132)(H,133,134)/t58-,59-,71+,72+/m0/s1. The highest BCUT2D eigenvalue weighted by molar-refractivity contribution is 5.97. The lowest BCUT2D eigenvalue weighted by Gasteiger charge is -2.33. The Kier molecular flexibility index (Phi) is 41.6. The van der Waals surface area contributed by atoms with Crippen LogP contribution in [0.3, 0.4) is 0 Å². The van der Waals surface area contributed by atoms with Crippen molar-refractivity contribution in [2.24, 2.45) is 29.0 Å². The number of nitrogens with zero attached hydrogens (tertiary/aromatic N) is 12. The fourth-order valence-electron chi connectivity index (χ4n) is 17.0. The number of likely N-dealkylation sites (tertiary alicyclic amines) is 2. The number of carbonyl (C=O) groups is 16. The molecule has 0 bridgehead atoms. The number of rotatable bonds is 51. The first kappa shape index (κ1) is 110. The van der Waals surface area contributed by atoms with Gasteiger partial charge in [0.05, 0.1) is 49.4 Å². The molecule has 3 aliphatic rings. The molecule has 10 amide bonds. The van der Waals surface area contributed by atoms with Gasteiger partial charge >= 0.3 is 17.9 Å². The number of hydrogen-bond acceptors (Lipinski definition) is 30. The molecule has 45 nitrogen and oxygen atoms in total. The second-order valence-electron chi connectivity index (χ2n) is 35.8. The summed E-state index contributed by atoms with van der Waals surface area (Å²) in [7, 11) is 0. The molecule has 4 atom stereocenters. The minimum absolute atomic E-state index is 0.0194. The number of aromatic hydroxyl groups is 4. The minimum atomic E-state index is -1.51. The SMILES string of the molecule is CCNC(=O)c1nnc(-c2cc(C(C)C)c(O)cc2O)n1-c1ccc(OC2CCN(C(=O)CCNC(=O)[C@@H](CCC(=O)N3CCC(Oc4ccc(-n5c(C(=O)NCC)nnc5-c5cc(C(C)C)c(O)cc5O)cc4)CC3)CC(=O)CCCC(=O)[C@@H](CCC(N)=O)NC(=O)[C@@H](CCC(N)=O)CC(=O)[C@@H](CCC(N)=O)NC(=O)CN3CCN(CC(=O)O)CCN(CC(=O)O)CCN(CC(=O)O)CC3)CC2)cc1. The number of benzene rings is 4. The number of carbonyl (C=O) groups excluding carboxylic acids is 13. The van der Waals surface area contributed by atoms with E-state index in [1.807, 2.05) is 27.7 Å². The molecule has 3 saturated heterocycles. The Bertz CT molecular complexity index is 5350. The Morgan fingerprint density at radius 3 is 1.19 bits per heavy atom. The van der Waals surface area contributed by atoms with Crippen molar-refractivity contribution >= 4 is 94.3 Å². The third-order valence-electron chi connectivity index (χ3n) is 24.6. The van der Waals surface area contributed by atoms with Crippen LogP contribution in [0.4, 0.5) is 0 Å². The van der Waals surface area contributed by atoms with Gasteiger partial charge in [0.25, 0.3) is 11.8 Å². The zero-order chi connectivity index (χ0) is 102. The van der Waals surface area contributed by atoms with E-state index in [4.69, 9.17) is 26.7 Å². The van der Waals surface area contributed by atoms with E-state index >= 15 is 0 Å². The molecule has 0 radical (unpaired) electrons. The molecule has 0 saturated carbocycles. The van der Waals surface area contributed by atoms with E-state index in [-0.39, 0.29) is 223 Å². The molecule has 0 unspecified atom stereocenters. The number of ketones is 3. The molecular weight excluding hydrogens is 1820 g/mol. The number of primary amides is 3. The molecule has 45 heteroatoms. The second kappa shape index (κ2) is 53.2. The number of phenols is 4. The van der Waals surface area contributed by atoms with Gasteiger partial charge in [0, 0.05) is 217 Å². The monoisotopic (exact) mass is 1950 g/mol. The summed E-state index contributed by atoms with van der Waals surface area (Å²) in [5.41, 5.74) is 19.0. The lowest BCUT2D eigenvalue weighted by molar-refractivity contribution is -0.140. The lowest BCUT2D eigenvalue weighted by Crippen LogP contribution is -2.51. The summed E-state index contributed by atoms with van der Waals surface area (Å²) >= 11 is 0. The van der Waals surface area contributed by atoms with Crippen molar-refractivity contribution in [1.29, 1.82) is 0 Å². The maximum Gasteiger partial charge on any atom is 0.317 e. The molecule has 6 aromatic rings. The Morgan fingerprint density at radius 1 is 0.414 bits per heavy atom. The highest BCUT2D eigenvalue weighted by atomic mass is 16.5. The fraction of sp³-hybridized carbons (Fsp3) is 0.537. The Morgan fingerprint density at radius 2 is 0.793 bits per heavy atom. The molecular formula is C95H130N20O25. The number of ether oxygens (including phenoxy) is 2. The van der Waals surface area contributed by atoms with E-state index in [0.717, 1.165) is 0 Å². The third kappa shape index (κ3) is 33.1. The molecule has 2 aromatic heterocycles. The lowest BCUT2D eigenvalue weighted by atomic mass is 9.90. The van der Waals surface area contributed by atoms with Crippen molar-refractivity contribution in [2.75, 3.05) is 124 Å². The van der Waals surface area contributed by atoms with Crippen LogP contribution in [0.15, 0.2) is 72.8 Å². The van der Waals surface area contributed by atoms with Crippen LogP contribution in [0, 0.1) is 11.8 Å². The van der Waals surface area contributed by atoms with Gasteiger partial charge in [-0.25, -0.2) is 0 Å². The average Bonchev–Trinajstić information content (AvgIpc) is 1.62. The molecule has 18 N–H and O–H groups in total. The summed E-state index contributed by atoms with van der Waals surface area (Å²) in [4.78, 5) is 223. The summed E-state index contributed by atoms with van der Waals surface area (Å²) in [5.74, 6) is -14.8. The van der Waals surface area contributed by atoms with Gasteiger partial charge in [-0.2, -0.15) is 0 Å². The number of aliphatic carboxylic acids is 3. The number of carboxylic acid groups (broad SMARTS) is 3. The van der Waals surface area contributed by atoms with Crippen LogP contribution in [0.1, 0.15) is 201 Å². The summed E-state index contributed by atoms with van der Waals surface area (Å²) in [5, 5.41) is 103. The van der Waals surface area contributed by atoms with Gasteiger partial charge in [-0.15, -0.1) is 20.4 Å². The van der Waals surface area contributed by atoms with Crippen molar-refractivity contribution in [3.8, 4) is 68.6 Å². The van der Waals surface area contributed by atoms with Crippen LogP contribution in [-0.2, 0) is 67.1 Å². The predicted molar refractivity (Wildman–Crippen MR) is 505 cm³/mol. The van der Waals surface area contributed by atoms with E-state index in [0.29, 0.717) is 79.3 Å². The van der Waals surface area contributed by atoms with Crippen LogP contribution in [0.25, 0.3) is 34.2 Å². The van der Waals surface area contributed by atoms with Gasteiger partial charge in [-0.05, 0) is 130 Å². The minimum Gasteiger partial charge on any atom is -0.508 e. The zero-order valence-electron chi connectivity index (χ0n) is 79.8. The molecule has 3 aliphatic heterocycles. The largest absolute Gasteiger partial charge is 0.508 e. The maximum atomic E-state index is 14.5. The average molecular weight is 1950 g/mol. The Balaban J connectivity index is 0.842.